The van der Waals surface area contributed by atoms with Crippen molar-refractivity contribution in [1.82, 2.24) is 15.5 Å². The number of rotatable bonds is 9. The molecule has 1 heterocycles. The number of amides is 1. The number of carbonyl (C=O) groups excluding carboxylic acids is 1. The first-order valence-corrected chi connectivity index (χ1v) is 9.00. The second-order valence-electron chi connectivity index (χ2n) is 6.63. The summed E-state index contributed by atoms with van der Waals surface area (Å²) < 4.78 is 5.64. The van der Waals surface area contributed by atoms with Crippen molar-refractivity contribution in [3.8, 4) is 5.75 Å². The Labute approximate surface area is 145 Å². The van der Waals surface area contributed by atoms with Gasteiger partial charge in [0.15, 0.2) is 0 Å². The van der Waals surface area contributed by atoms with Crippen LogP contribution >= 0.6 is 0 Å². The molecule has 5 heteroatoms. The van der Waals surface area contributed by atoms with E-state index < -0.39 is 0 Å². The topological polar surface area (TPSA) is 53.6 Å². The van der Waals surface area contributed by atoms with E-state index in [4.69, 9.17) is 4.74 Å². The third-order valence-electron chi connectivity index (χ3n) is 4.56. The summed E-state index contributed by atoms with van der Waals surface area (Å²) >= 11 is 0. The Morgan fingerprint density at radius 2 is 2.08 bits per heavy atom. The summed E-state index contributed by atoms with van der Waals surface area (Å²) in [5.74, 6) is 1.75. The molecule has 1 aliphatic heterocycles. The zero-order chi connectivity index (χ0) is 17.2. The quantitative estimate of drug-likeness (QED) is 0.677. The van der Waals surface area contributed by atoms with E-state index >= 15 is 0 Å². The van der Waals surface area contributed by atoms with Crippen LogP contribution in [0.15, 0.2) is 24.3 Å². The molecule has 0 aliphatic carbocycles. The molecule has 1 aromatic carbocycles. The summed E-state index contributed by atoms with van der Waals surface area (Å²) in [5.41, 5.74) is 1.18. The third kappa shape index (κ3) is 6.89. The molecule has 1 amide bonds. The van der Waals surface area contributed by atoms with Crippen LogP contribution in [0.25, 0.3) is 0 Å². The normalized spacial score (nSPS) is 16.1. The lowest BCUT2D eigenvalue weighted by molar-refractivity contribution is -0.122. The van der Waals surface area contributed by atoms with E-state index in [2.05, 4.69) is 15.5 Å². The van der Waals surface area contributed by atoms with Crippen molar-refractivity contribution in [2.24, 2.45) is 5.92 Å². The van der Waals surface area contributed by atoms with Gasteiger partial charge in [0, 0.05) is 0 Å². The van der Waals surface area contributed by atoms with Gasteiger partial charge in [-0.1, -0.05) is 12.1 Å². The standard InChI is InChI=1S/C19H31N3O2/c1-16-4-3-5-18(14-16)24-13-10-21-19(23)15-22-11-7-17(8-12-22)6-9-20-2/h3-5,14,17,20H,6-13,15H2,1-2H3,(H,21,23). The van der Waals surface area contributed by atoms with E-state index in [-0.39, 0.29) is 5.91 Å². The average Bonchev–Trinajstić information content (AvgIpc) is 2.58. The van der Waals surface area contributed by atoms with Crippen molar-refractivity contribution < 1.29 is 9.53 Å². The predicted octanol–water partition coefficient (Wildman–Crippen LogP) is 1.81. The number of nitrogens with one attached hydrogen (secondary N) is 2. The molecule has 0 unspecified atom stereocenters. The van der Waals surface area contributed by atoms with Crippen molar-refractivity contribution in [3.05, 3.63) is 29.8 Å². The highest BCUT2D eigenvalue weighted by atomic mass is 16.5. The lowest BCUT2D eigenvalue weighted by Crippen LogP contribution is -2.42. The number of hydrogen-bond donors (Lipinski definition) is 2. The van der Waals surface area contributed by atoms with Gasteiger partial charge in [-0.05, 0) is 76.5 Å². The Bertz CT molecular complexity index is 499. The Morgan fingerprint density at radius 3 is 2.79 bits per heavy atom. The largest absolute Gasteiger partial charge is 0.492 e. The summed E-state index contributed by atoms with van der Waals surface area (Å²) in [7, 11) is 2.00. The summed E-state index contributed by atoms with van der Waals surface area (Å²) in [6.45, 7) is 6.74. The zero-order valence-corrected chi connectivity index (χ0v) is 15.0. The van der Waals surface area contributed by atoms with E-state index in [1.807, 2.05) is 38.2 Å². The molecule has 134 valence electrons. The van der Waals surface area contributed by atoms with Gasteiger partial charge in [-0.2, -0.15) is 0 Å². The van der Waals surface area contributed by atoms with Gasteiger partial charge >= 0.3 is 0 Å². The van der Waals surface area contributed by atoms with Crippen molar-refractivity contribution >= 4 is 5.91 Å². The van der Waals surface area contributed by atoms with Crippen LogP contribution in [-0.4, -0.2) is 57.2 Å². The van der Waals surface area contributed by atoms with Crippen LogP contribution in [0.1, 0.15) is 24.8 Å². The van der Waals surface area contributed by atoms with Gasteiger partial charge in [-0.15, -0.1) is 0 Å². The fraction of sp³-hybridized carbons (Fsp3) is 0.632. The van der Waals surface area contributed by atoms with Gasteiger partial charge in [0.05, 0.1) is 13.1 Å². The van der Waals surface area contributed by atoms with E-state index in [0.29, 0.717) is 19.7 Å². The fourth-order valence-electron chi connectivity index (χ4n) is 3.11. The maximum absolute atomic E-state index is 12.0. The first kappa shape index (κ1) is 18.7. The molecule has 1 fully saturated rings. The van der Waals surface area contributed by atoms with E-state index in [1.54, 1.807) is 0 Å². The number of nitrogens with zero attached hydrogens (tertiary/aromatic N) is 1. The van der Waals surface area contributed by atoms with Crippen molar-refractivity contribution in [1.29, 1.82) is 0 Å². The van der Waals surface area contributed by atoms with Crippen molar-refractivity contribution in [2.45, 2.75) is 26.2 Å². The summed E-state index contributed by atoms with van der Waals surface area (Å²) in [6, 6.07) is 7.95. The number of benzene rings is 1. The molecule has 1 aliphatic rings. The summed E-state index contributed by atoms with van der Waals surface area (Å²) in [5, 5.41) is 6.16. The van der Waals surface area contributed by atoms with Gasteiger partial charge in [-0.25, -0.2) is 0 Å². The van der Waals surface area contributed by atoms with Gasteiger partial charge in [0.1, 0.15) is 12.4 Å². The summed E-state index contributed by atoms with van der Waals surface area (Å²) in [6.07, 6.45) is 3.64. The minimum atomic E-state index is 0.0940. The molecule has 0 spiro atoms. The molecule has 0 bridgehead atoms. The molecule has 2 N–H and O–H groups in total. The monoisotopic (exact) mass is 333 g/mol. The highest BCUT2D eigenvalue weighted by Gasteiger charge is 2.20. The summed E-state index contributed by atoms with van der Waals surface area (Å²) in [4.78, 5) is 14.3. The predicted molar refractivity (Wildman–Crippen MR) is 97.4 cm³/mol. The third-order valence-corrected chi connectivity index (χ3v) is 4.56. The number of carbonyl (C=O) groups is 1. The van der Waals surface area contributed by atoms with Gasteiger partial charge < -0.3 is 15.4 Å². The molecular weight excluding hydrogens is 302 g/mol. The Kier molecular flexibility index (Phi) is 8.05. The fourth-order valence-corrected chi connectivity index (χ4v) is 3.11. The SMILES string of the molecule is CNCCC1CCN(CC(=O)NCCOc2cccc(C)c2)CC1. The van der Waals surface area contributed by atoms with Crippen LogP contribution in [0.3, 0.4) is 0 Å². The first-order valence-electron chi connectivity index (χ1n) is 9.00. The van der Waals surface area contributed by atoms with Gasteiger partial charge in [-0.3, -0.25) is 9.69 Å². The van der Waals surface area contributed by atoms with Gasteiger partial charge in [0.25, 0.3) is 0 Å². The number of likely N-dealkylation sites (tertiary alicyclic amines) is 1. The van der Waals surface area contributed by atoms with Gasteiger partial charge in [0.2, 0.25) is 5.91 Å². The van der Waals surface area contributed by atoms with E-state index in [9.17, 15) is 4.79 Å². The highest BCUT2D eigenvalue weighted by molar-refractivity contribution is 5.78. The Balaban J connectivity index is 1.55. The molecular formula is C19H31N3O2. The molecule has 0 saturated carbocycles. The van der Waals surface area contributed by atoms with Crippen LogP contribution in [0, 0.1) is 12.8 Å². The molecule has 5 nitrogen and oxygen atoms in total. The lowest BCUT2D eigenvalue weighted by Gasteiger charge is -2.31. The molecule has 1 aromatic rings. The molecule has 0 aromatic heterocycles. The average molecular weight is 333 g/mol. The van der Waals surface area contributed by atoms with E-state index in [0.717, 1.165) is 31.3 Å². The van der Waals surface area contributed by atoms with Crippen LogP contribution in [0.2, 0.25) is 0 Å². The number of piperidine rings is 1. The molecule has 24 heavy (non-hydrogen) atoms. The van der Waals surface area contributed by atoms with Crippen LogP contribution < -0.4 is 15.4 Å². The Hall–Kier alpha value is -1.59. The number of ether oxygens (including phenoxy) is 1. The maximum Gasteiger partial charge on any atom is 0.234 e. The first-order chi connectivity index (χ1) is 11.7. The van der Waals surface area contributed by atoms with Crippen LogP contribution in [-0.2, 0) is 4.79 Å². The maximum atomic E-state index is 12.0. The van der Waals surface area contributed by atoms with Crippen molar-refractivity contribution in [2.75, 3.05) is 46.4 Å². The van der Waals surface area contributed by atoms with Crippen molar-refractivity contribution in [3.63, 3.8) is 0 Å². The highest BCUT2D eigenvalue weighted by Crippen LogP contribution is 2.19. The molecule has 1 saturated heterocycles. The lowest BCUT2D eigenvalue weighted by atomic mass is 9.93. The zero-order valence-electron chi connectivity index (χ0n) is 15.0. The Morgan fingerprint density at radius 1 is 1.29 bits per heavy atom. The molecule has 0 radical (unpaired) electrons. The smallest absolute Gasteiger partial charge is 0.234 e. The minimum Gasteiger partial charge on any atom is -0.492 e. The second kappa shape index (κ2) is 10.3. The molecule has 0 atom stereocenters. The number of hydrogen-bond acceptors (Lipinski definition) is 4. The minimum absolute atomic E-state index is 0.0940. The number of aryl methyl sites for hydroxylation is 1. The molecule has 2 rings (SSSR count). The van der Waals surface area contributed by atoms with Crippen LogP contribution in [0.5, 0.6) is 5.75 Å². The van der Waals surface area contributed by atoms with E-state index in [1.165, 1.54) is 24.8 Å². The van der Waals surface area contributed by atoms with Crippen LogP contribution in [0.4, 0.5) is 0 Å². The second-order valence-corrected chi connectivity index (χ2v) is 6.63.